The molecule has 0 aliphatic carbocycles. The summed E-state index contributed by atoms with van der Waals surface area (Å²) >= 11 is 0. The van der Waals surface area contributed by atoms with Crippen molar-refractivity contribution in [3.63, 3.8) is 0 Å². The van der Waals surface area contributed by atoms with E-state index in [1.54, 1.807) is 18.7 Å². The standard InChI is InChI=1S/C19H16N4O5/c1-12-18(19(24)22(21(12)2)14-6-4-3-5-7-14)20-10-13-8-16-17(28-11-27-16)9-15(13)23(25)26/h3-10H,11H2,1-2H3. The van der Waals surface area contributed by atoms with E-state index in [-0.39, 0.29) is 29.3 Å². The lowest BCUT2D eigenvalue weighted by atomic mass is 10.1. The normalized spacial score (nSPS) is 12.6. The van der Waals surface area contributed by atoms with E-state index in [0.29, 0.717) is 22.9 Å². The number of nitro groups is 1. The topological polar surface area (TPSA) is 101 Å². The van der Waals surface area contributed by atoms with Crippen molar-refractivity contribution in [1.82, 2.24) is 9.36 Å². The van der Waals surface area contributed by atoms with Gasteiger partial charge in [-0.25, -0.2) is 9.67 Å². The zero-order valence-corrected chi connectivity index (χ0v) is 15.2. The maximum absolute atomic E-state index is 12.9. The molecule has 2 heterocycles. The van der Waals surface area contributed by atoms with Gasteiger partial charge in [-0.15, -0.1) is 0 Å². The molecular formula is C19H16N4O5. The molecule has 142 valence electrons. The van der Waals surface area contributed by atoms with Crippen molar-refractivity contribution >= 4 is 17.6 Å². The van der Waals surface area contributed by atoms with Crippen LogP contribution in [0.15, 0.2) is 52.3 Å². The van der Waals surface area contributed by atoms with Gasteiger partial charge in [-0.3, -0.25) is 19.6 Å². The quantitative estimate of drug-likeness (QED) is 0.393. The van der Waals surface area contributed by atoms with Gasteiger partial charge in [0.1, 0.15) is 0 Å². The fraction of sp³-hybridized carbons (Fsp3) is 0.158. The Morgan fingerprint density at radius 1 is 1.18 bits per heavy atom. The van der Waals surface area contributed by atoms with Crippen molar-refractivity contribution < 1.29 is 14.4 Å². The second kappa shape index (κ2) is 6.69. The van der Waals surface area contributed by atoms with Crippen molar-refractivity contribution in [2.75, 3.05) is 6.79 Å². The molecule has 0 atom stereocenters. The highest BCUT2D eigenvalue weighted by Gasteiger charge is 2.23. The first-order valence-electron chi connectivity index (χ1n) is 8.43. The lowest BCUT2D eigenvalue weighted by Gasteiger charge is -2.07. The molecule has 4 rings (SSSR count). The molecule has 1 aliphatic rings. The molecular weight excluding hydrogens is 364 g/mol. The molecule has 2 aromatic carbocycles. The molecule has 28 heavy (non-hydrogen) atoms. The number of ether oxygens (including phenoxy) is 2. The number of nitrogens with zero attached hydrogens (tertiary/aromatic N) is 4. The van der Waals surface area contributed by atoms with Gasteiger partial charge in [-0.05, 0) is 25.1 Å². The number of nitro benzene ring substituents is 1. The Labute approximate surface area is 159 Å². The molecule has 0 bridgehead atoms. The third-order valence-electron chi connectivity index (χ3n) is 4.58. The van der Waals surface area contributed by atoms with E-state index < -0.39 is 4.92 Å². The summed E-state index contributed by atoms with van der Waals surface area (Å²) in [6.45, 7) is 1.77. The van der Waals surface area contributed by atoms with Gasteiger partial charge < -0.3 is 9.47 Å². The molecule has 1 aliphatic heterocycles. The number of para-hydroxylation sites is 1. The van der Waals surface area contributed by atoms with Crippen LogP contribution in [0.1, 0.15) is 11.3 Å². The van der Waals surface area contributed by atoms with Crippen LogP contribution in [0.25, 0.3) is 5.69 Å². The molecule has 0 saturated carbocycles. The summed E-state index contributed by atoms with van der Waals surface area (Å²) in [5, 5.41) is 11.4. The number of aromatic nitrogens is 2. The lowest BCUT2D eigenvalue weighted by Crippen LogP contribution is -2.19. The maximum Gasteiger partial charge on any atom is 0.297 e. The van der Waals surface area contributed by atoms with Crippen LogP contribution in [-0.2, 0) is 7.05 Å². The van der Waals surface area contributed by atoms with E-state index in [4.69, 9.17) is 9.47 Å². The van der Waals surface area contributed by atoms with Gasteiger partial charge in [0.2, 0.25) is 6.79 Å². The molecule has 0 unspecified atom stereocenters. The van der Waals surface area contributed by atoms with Crippen LogP contribution in [0.5, 0.6) is 11.5 Å². The Balaban J connectivity index is 1.80. The van der Waals surface area contributed by atoms with Crippen molar-refractivity contribution in [3.05, 3.63) is 74.2 Å². The Morgan fingerprint density at radius 2 is 1.86 bits per heavy atom. The summed E-state index contributed by atoms with van der Waals surface area (Å²) in [6.07, 6.45) is 1.30. The lowest BCUT2D eigenvalue weighted by molar-refractivity contribution is -0.385. The fourth-order valence-corrected chi connectivity index (χ4v) is 3.05. The van der Waals surface area contributed by atoms with E-state index in [1.807, 2.05) is 30.3 Å². The number of aliphatic imine (C=N–C) groups is 1. The molecule has 0 radical (unpaired) electrons. The minimum atomic E-state index is -0.524. The summed E-state index contributed by atoms with van der Waals surface area (Å²) in [7, 11) is 1.76. The first-order chi connectivity index (χ1) is 13.5. The Kier molecular flexibility index (Phi) is 4.19. The second-order valence-electron chi connectivity index (χ2n) is 6.19. The van der Waals surface area contributed by atoms with Crippen LogP contribution in [-0.4, -0.2) is 27.3 Å². The molecule has 0 N–H and O–H groups in total. The Morgan fingerprint density at radius 3 is 2.54 bits per heavy atom. The van der Waals surface area contributed by atoms with Gasteiger partial charge in [0, 0.05) is 13.3 Å². The smallest absolute Gasteiger partial charge is 0.297 e. The largest absolute Gasteiger partial charge is 0.454 e. The van der Waals surface area contributed by atoms with E-state index in [9.17, 15) is 14.9 Å². The van der Waals surface area contributed by atoms with Crippen molar-refractivity contribution in [1.29, 1.82) is 0 Å². The Hall–Kier alpha value is -3.88. The molecule has 3 aromatic rings. The molecule has 0 spiro atoms. The third kappa shape index (κ3) is 2.82. The molecule has 1 aromatic heterocycles. The van der Waals surface area contributed by atoms with Crippen LogP contribution < -0.4 is 15.0 Å². The number of hydrogen-bond donors (Lipinski definition) is 0. The van der Waals surface area contributed by atoms with Crippen molar-refractivity contribution in [2.45, 2.75) is 6.92 Å². The highest BCUT2D eigenvalue weighted by molar-refractivity contribution is 5.88. The van der Waals surface area contributed by atoms with E-state index in [0.717, 1.165) is 0 Å². The summed E-state index contributed by atoms with van der Waals surface area (Å²) in [5.41, 5.74) is 1.28. The van der Waals surface area contributed by atoms with Crippen molar-refractivity contribution in [3.8, 4) is 17.2 Å². The second-order valence-corrected chi connectivity index (χ2v) is 6.19. The first-order valence-corrected chi connectivity index (χ1v) is 8.43. The minimum absolute atomic E-state index is 0.00661. The van der Waals surface area contributed by atoms with Gasteiger partial charge in [0.05, 0.1) is 27.9 Å². The predicted octanol–water partition coefficient (Wildman–Crippen LogP) is 2.87. The number of rotatable bonds is 4. The van der Waals surface area contributed by atoms with Gasteiger partial charge in [0.15, 0.2) is 17.2 Å². The third-order valence-corrected chi connectivity index (χ3v) is 4.58. The SMILES string of the molecule is Cc1c(N=Cc2cc3c(cc2[N+](=O)[O-])OCO3)c(=O)n(-c2ccccc2)n1C. The van der Waals surface area contributed by atoms with E-state index in [2.05, 4.69) is 4.99 Å². The first kappa shape index (κ1) is 17.5. The number of fused-ring (bicyclic) bond motifs is 1. The molecule has 0 fully saturated rings. The number of benzene rings is 2. The highest BCUT2D eigenvalue weighted by atomic mass is 16.7. The Bertz CT molecular complexity index is 1160. The summed E-state index contributed by atoms with van der Waals surface area (Å²) in [6, 6.07) is 11.9. The summed E-state index contributed by atoms with van der Waals surface area (Å²) in [5.74, 6) is 0.713. The maximum atomic E-state index is 12.9. The van der Waals surface area contributed by atoms with E-state index in [1.165, 1.54) is 23.0 Å². The van der Waals surface area contributed by atoms with Crippen LogP contribution >= 0.6 is 0 Å². The van der Waals surface area contributed by atoms with Crippen LogP contribution in [0.4, 0.5) is 11.4 Å². The monoisotopic (exact) mass is 380 g/mol. The van der Waals surface area contributed by atoms with Gasteiger partial charge in [-0.1, -0.05) is 18.2 Å². The zero-order chi connectivity index (χ0) is 19.8. The summed E-state index contributed by atoms with van der Waals surface area (Å²) in [4.78, 5) is 28.0. The van der Waals surface area contributed by atoms with E-state index >= 15 is 0 Å². The molecule has 9 nitrogen and oxygen atoms in total. The molecule has 9 heteroatoms. The molecule has 0 saturated heterocycles. The van der Waals surface area contributed by atoms with Crippen molar-refractivity contribution in [2.24, 2.45) is 12.0 Å². The summed E-state index contributed by atoms with van der Waals surface area (Å²) < 4.78 is 13.7. The zero-order valence-electron chi connectivity index (χ0n) is 15.2. The highest BCUT2D eigenvalue weighted by Crippen LogP contribution is 2.37. The number of hydrogen-bond acceptors (Lipinski definition) is 6. The average Bonchev–Trinajstić information content (AvgIpc) is 3.23. The van der Waals surface area contributed by atoms with Crippen LogP contribution in [0, 0.1) is 17.0 Å². The fourth-order valence-electron chi connectivity index (χ4n) is 3.05. The minimum Gasteiger partial charge on any atom is -0.454 e. The predicted molar refractivity (Wildman–Crippen MR) is 102 cm³/mol. The van der Waals surface area contributed by atoms with Crippen LogP contribution in [0.3, 0.4) is 0 Å². The van der Waals surface area contributed by atoms with Crippen LogP contribution in [0.2, 0.25) is 0 Å². The van der Waals surface area contributed by atoms with Gasteiger partial charge in [0.25, 0.3) is 11.2 Å². The molecule has 0 amide bonds. The van der Waals surface area contributed by atoms with Gasteiger partial charge in [-0.2, -0.15) is 0 Å². The van der Waals surface area contributed by atoms with Gasteiger partial charge >= 0.3 is 0 Å². The average molecular weight is 380 g/mol.